The highest BCUT2D eigenvalue weighted by Crippen LogP contribution is 2.23. The van der Waals surface area contributed by atoms with E-state index in [0.29, 0.717) is 23.7 Å². The quantitative estimate of drug-likeness (QED) is 0.530. The van der Waals surface area contributed by atoms with Crippen molar-refractivity contribution in [2.24, 2.45) is 0 Å². The van der Waals surface area contributed by atoms with Gasteiger partial charge in [0.1, 0.15) is 11.1 Å². The number of hydrogen-bond acceptors (Lipinski definition) is 4. The molecule has 6 nitrogen and oxygen atoms in total. The van der Waals surface area contributed by atoms with Gasteiger partial charge in [-0.15, -0.1) is 11.6 Å². The summed E-state index contributed by atoms with van der Waals surface area (Å²) in [5.74, 6) is 0.320. The predicted molar refractivity (Wildman–Crippen MR) is 101 cm³/mol. The third-order valence-corrected chi connectivity index (χ3v) is 4.32. The number of nitrogens with one attached hydrogen (secondary N) is 1. The molecule has 1 aromatic carbocycles. The third kappa shape index (κ3) is 5.88. The van der Waals surface area contributed by atoms with Gasteiger partial charge in [-0.25, -0.2) is 0 Å². The van der Waals surface area contributed by atoms with Gasteiger partial charge in [-0.1, -0.05) is 55.3 Å². The summed E-state index contributed by atoms with van der Waals surface area (Å²) in [7, 11) is 0. The number of aromatic nitrogens is 1. The maximum Gasteiger partial charge on any atom is 0.245 e. The summed E-state index contributed by atoms with van der Waals surface area (Å²) in [6.45, 7) is 4.22. The lowest BCUT2D eigenvalue weighted by Gasteiger charge is -2.24. The second-order valence-electron chi connectivity index (χ2n) is 6.11. The van der Waals surface area contributed by atoms with Gasteiger partial charge in [0.15, 0.2) is 5.82 Å². The minimum Gasteiger partial charge on any atom is -0.360 e. The van der Waals surface area contributed by atoms with Crippen molar-refractivity contribution in [3.05, 3.63) is 47.7 Å². The summed E-state index contributed by atoms with van der Waals surface area (Å²) in [6, 6.07) is 10.8. The normalized spacial score (nSPS) is 11.8. The molecule has 2 amide bonds. The van der Waals surface area contributed by atoms with E-state index >= 15 is 0 Å². The van der Waals surface area contributed by atoms with E-state index in [9.17, 15) is 9.59 Å². The van der Waals surface area contributed by atoms with Crippen LogP contribution in [-0.4, -0.2) is 35.0 Å². The average molecular weight is 378 g/mol. The van der Waals surface area contributed by atoms with Gasteiger partial charge >= 0.3 is 0 Å². The molecular weight excluding hydrogens is 354 g/mol. The van der Waals surface area contributed by atoms with Crippen LogP contribution in [-0.2, 0) is 9.59 Å². The number of hydrogen-bond donors (Lipinski definition) is 1. The molecule has 1 aromatic heterocycles. The average Bonchev–Trinajstić information content (AvgIpc) is 3.05. The number of nitrogens with zero attached hydrogens (tertiary/aromatic N) is 2. The van der Waals surface area contributed by atoms with Crippen LogP contribution in [0.5, 0.6) is 0 Å². The summed E-state index contributed by atoms with van der Waals surface area (Å²) in [5.41, 5.74) is 0.715. The van der Waals surface area contributed by atoms with Gasteiger partial charge in [0, 0.05) is 12.6 Å². The standard InChI is InChI=1S/C19H24ClN3O3/c1-3-4-8-11-23(13-17(24)21-16-12-14(2)26-22-16)19(25)18(20)15-9-6-5-7-10-15/h5-7,9-10,12,18H,3-4,8,11,13H2,1-2H3,(H,21,22,24). The van der Waals surface area contributed by atoms with Crippen LogP contribution in [0.3, 0.4) is 0 Å². The Balaban J connectivity index is 2.03. The smallest absolute Gasteiger partial charge is 0.245 e. The van der Waals surface area contributed by atoms with Crippen molar-refractivity contribution in [3.8, 4) is 0 Å². The van der Waals surface area contributed by atoms with E-state index in [2.05, 4.69) is 17.4 Å². The Morgan fingerprint density at radius 2 is 2.00 bits per heavy atom. The maximum absolute atomic E-state index is 12.8. The van der Waals surface area contributed by atoms with Crippen LogP contribution in [0.25, 0.3) is 0 Å². The molecule has 0 radical (unpaired) electrons. The molecule has 140 valence electrons. The Morgan fingerprint density at radius 1 is 1.27 bits per heavy atom. The Labute approximate surface area is 158 Å². The fourth-order valence-corrected chi connectivity index (χ4v) is 2.81. The van der Waals surface area contributed by atoms with Crippen molar-refractivity contribution in [1.82, 2.24) is 10.1 Å². The first kappa shape index (κ1) is 20.0. The van der Waals surface area contributed by atoms with Crippen molar-refractivity contribution >= 4 is 29.2 Å². The largest absolute Gasteiger partial charge is 0.360 e. The highest BCUT2D eigenvalue weighted by molar-refractivity contribution is 6.30. The molecule has 0 saturated carbocycles. The molecule has 2 aromatic rings. The first-order chi connectivity index (χ1) is 12.5. The number of amides is 2. The maximum atomic E-state index is 12.8. The van der Waals surface area contributed by atoms with Crippen molar-refractivity contribution < 1.29 is 14.1 Å². The molecule has 0 bridgehead atoms. The third-order valence-electron chi connectivity index (χ3n) is 3.88. The number of carbonyl (C=O) groups is 2. The van der Waals surface area contributed by atoms with Crippen molar-refractivity contribution in [1.29, 1.82) is 0 Å². The van der Waals surface area contributed by atoms with E-state index in [4.69, 9.17) is 16.1 Å². The van der Waals surface area contributed by atoms with Crippen LogP contribution >= 0.6 is 11.6 Å². The Morgan fingerprint density at radius 3 is 2.62 bits per heavy atom. The minimum atomic E-state index is -0.820. The Bertz CT molecular complexity index is 718. The zero-order chi connectivity index (χ0) is 18.9. The zero-order valence-electron chi connectivity index (χ0n) is 15.1. The first-order valence-corrected chi connectivity index (χ1v) is 9.16. The molecule has 2 rings (SSSR count). The second kappa shape index (κ2) is 9.97. The summed E-state index contributed by atoms with van der Waals surface area (Å²) >= 11 is 6.36. The lowest BCUT2D eigenvalue weighted by atomic mass is 10.1. The zero-order valence-corrected chi connectivity index (χ0v) is 15.8. The summed E-state index contributed by atoms with van der Waals surface area (Å²) in [5, 5.41) is 5.55. The number of halogens is 1. The number of anilines is 1. The minimum absolute atomic E-state index is 0.0789. The van der Waals surface area contributed by atoms with E-state index in [0.717, 1.165) is 19.3 Å². The van der Waals surface area contributed by atoms with Crippen molar-refractivity contribution in [2.75, 3.05) is 18.4 Å². The van der Waals surface area contributed by atoms with Gasteiger partial charge < -0.3 is 14.7 Å². The lowest BCUT2D eigenvalue weighted by Crippen LogP contribution is -2.40. The molecule has 26 heavy (non-hydrogen) atoms. The van der Waals surface area contributed by atoms with Crippen molar-refractivity contribution in [2.45, 2.75) is 38.5 Å². The molecule has 7 heteroatoms. The van der Waals surface area contributed by atoms with E-state index in [1.54, 1.807) is 25.1 Å². The lowest BCUT2D eigenvalue weighted by molar-refractivity contribution is -0.134. The van der Waals surface area contributed by atoms with Gasteiger partial charge in [-0.2, -0.15) is 0 Å². The molecule has 1 unspecified atom stereocenters. The Hall–Kier alpha value is -2.34. The van der Waals surface area contributed by atoms with E-state index < -0.39 is 5.38 Å². The van der Waals surface area contributed by atoms with Crippen molar-refractivity contribution in [3.63, 3.8) is 0 Å². The fraction of sp³-hybridized carbons (Fsp3) is 0.421. The summed E-state index contributed by atoms with van der Waals surface area (Å²) in [4.78, 5) is 26.6. The number of aryl methyl sites for hydroxylation is 1. The van der Waals surface area contributed by atoms with Crippen LogP contribution in [0.4, 0.5) is 5.82 Å². The van der Waals surface area contributed by atoms with Crippen LogP contribution in [0.2, 0.25) is 0 Å². The molecule has 1 atom stereocenters. The van der Waals surface area contributed by atoms with Gasteiger partial charge in [0.25, 0.3) is 0 Å². The molecule has 1 N–H and O–H groups in total. The monoisotopic (exact) mass is 377 g/mol. The molecule has 0 saturated heterocycles. The molecule has 0 fully saturated rings. The second-order valence-corrected chi connectivity index (χ2v) is 6.55. The molecule has 0 aliphatic rings. The first-order valence-electron chi connectivity index (χ1n) is 8.72. The summed E-state index contributed by atoms with van der Waals surface area (Å²) in [6.07, 6.45) is 2.82. The van der Waals surface area contributed by atoms with E-state index in [1.807, 2.05) is 18.2 Å². The Kier molecular flexibility index (Phi) is 7.66. The van der Waals surface area contributed by atoms with Crippen LogP contribution in [0, 0.1) is 6.92 Å². The van der Waals surface area contributed by atoms with Gasteiger partial charge in [-0.05, 0) is 18.9 Å². The van der Waals surface area contributed by atoms with E-state index in [1.165, 1.54) is 4.90 Å². The molecule has 0 aliphatic heterocycles. The van der Waals surface area contributed by atoms with Crippen LogP contribution in [0.1, 0.15) is 42.9 Å². The predicted octanol–water partition coefficient (Wildman–Crippen LogP) is 3.92. The SMILES string of the molecule is CCCCCN(CC(=O)Nc1cc(C)on1)C(=O)C(Cl)c1ccccc1. The van der Waals surface area contributed by atoms with Gasteiger partial charge in [0.05, 0.1) is 6.54 Å². The molecule has 1 heterocycles. The topological polar surface area (TPSA) is 75.4 Å². The van der Waals surface area contributed by atoms with E-state index in [-0.39, 0.29) is 18.4 Å². The van der Waals surface area contributed by atoms with Crippen LogP contribution in [0.15, 0.2) is 40.9 Å². The number of alkyl halides is 1. The fourth-order valence-electron chi connectivity index (χ4n) is 2.53. The van der Waals surface area contributed by atoms with Gasteiger partial charge in [0.2, 0.25) is 11.8 Å². The number of carbonyl (C=O) groups excluding carboxylic acids is 2. The number of benzene rings is 1. The van der Waals surface area contributed by atoms with Gasteiger partial charge in [-0.3, -0.25) is 9.59 Å². The number of rotatable bonds is 9. The molecular formula is C19H24ClN3O3. The molecule has 0 spiro atoms. The molecule has 0 aliphatic carbocycles. The number of unbranched alkanes of at least 4 members (excludes halogenated alkanes) is 2. The summed E-state index contributed by atoms with van der Waals surface area (Å²) < 4.78 is 4.93. The highest BCUT2D eigenvalue weighted by Gasteiger charge is 2.25. The highest BCUT2D eigenvalue weighted by atomic mass is 35.5. The van der Waals surface area contributed by atoms with Crippen LogP contribution < -0.4 is 5.32 Å².